The SMILES string of the molecule is CCOC(=O)c1ccc(NC(=S)N2CCS[C@H]2c2ccc(Cl)cc2Cl)cc1. The Morgan fingerprint density at radius 3 is 2.70 bits per heavy atom. The number of anilines is 1. The zero-order valence-corrected chi connectivity index (χ0v) is 17.7. The molecule has 0 radical (unpaired) electrons. The first-order valence-corrected chi connectivity index (χ1v) is 10.6. The molecule has 0 unspecified atom stereocenters. The van der Waals surface area contributed by atoms with Crippen molar-refractivity contribution in [1.29, 1.82) is 0 Å². The standard InChI is InChI=1S/C19H18Cl2N2O2S2/c1-2-25-18(24)12-3-6-14(7-4-12)22-19(26)23-9-10-27-17(23)15-8-5-13(20)11-16(15)21/h3-8,11,17H,2,9-10H2,1H3,(H,22,26)/t17-/m0/s1. The first-order chi connectivity index (χ1) is 13.0. The van der Waals surface area contributed by atoms with E-state index in [1.807, 2.05) is 24.3 Å². The summed E-state index contributed by atoms with van der Waals surface area (Å²) >= 11 is 19.8. The number of ether oxygens (including phenoxy) is 1. The number of thiocarbonyl (C=S) groups is 1. The van der Waals surface area contributed by atoms with Gasteiger partial charge in [0.05, 0.1) is 12.2 Å². The van der Waals surface area contributed by atoms with Crippen LogP contribution >= 0.6 is 47.2 Å². The summed E-state index contributed by atoms with van der Waals surface area (Å²) in [5, 5.41) is 5.13. The lowest BCUT2D eigenvalue weighted by atomic mass is 10.2. The van der Waals surface area contributed by atoms with E-state index in [0.29, 0.717) is 27.3 Å². The Morgan fingerprint density at radius 1 is 1.30 bits per heavy atom. The molecular weight excluding hydrogens is 423 g/mol. The third-order valence-electron chi connectivity index (χ3n) is 4.03. The predicted molar refractivity (Wildman–Crippen MR) is 117 cm³/mol. The van der Waals surface area contributed by atoms with E-state index in [2.05, 4.69) is 10.2 Å². The van der Waals surface area contributed by atoms with E-state index in [0.717, 1.165) is 23.5 Å². The second kappa shape index (κ2) is 9.15. The molecule has 1 N–H and O–H groups in total. The number of hydrogen-bond acceptors (Lipinski definition) is 4. The Morgan fingerprint density at radius 2 is 2.04 bits per heavy atom. The molecule has 2 aromatic rings. The van der Waals surface area contributed by atoms with Gasteiger partial charge in [0.2, 0.25) is 0 Å². The van der Waals surface area contributed by atoms with Crippen LogP contribution in [0, 0.1) is 0 Å². The van der Waals surface area contributed by atoms with Crippen molar-refractivity contribution < 1.29 is 9.53 Å². The summed E-state index contributed by atoms with van der Waals surface area (Å²) in [7, 11) is 0. The Balaban J connectivity index is 1.70. The number of carbonyl (C=O) groups is 1. The van der Waals surface area contributed by atoms with Crippen LogP contribution in [-0.2, 0) is 4.74 Å². The highest BCUT2D eigenvalue weighted by atomic mass is 35.5. The van der Waals surface area contributed by atoms with Gasteiger partial charge in [0.15, 0.2) is 5.11 Å². The lowest BCUT2D eigenvalue weighted by molar-refractivity contribution is 0.0526. The normalized spacial score (nSPS) is 16.3. The van der Waals surface area contributed by atoms with Crippen LogP contribution in [0.1, 0.15) is 28.2 Å². The van der Waals surface area contributed by atoms with Crippen LogP contribution in [0.3, 0.4) is 0 Å². The van der Waals surface area contributed by atoms with Crippen molar-refractivity contribution in [3.05, 3.63) is 63.6 Å². The minimum atomic E-state index is -0.333. The molecule has 2 aromatic carbocycles. The van der Waals surface area contributed by atoms with E-state index < -0.39 is 0 Å². The van der Waals surface area contributed by atoms with Gasteiger partial charge in [-0.2, -0.15) is 0 Å². The van der Waals surface area contributed by atoms with Gasteiger partial charge in [0.1, 0.15) is 5.37 Å². The van der Waals surface area contributed by atoms with Crippen molar-refractivity contribution >= 4 is 64.0 Å². The molecule has 1 fully saturated rings. The molecule has 0 amide bonds. The van der Waals surface area contributed by atoms with Crippen LogP contribution in [-0.4, -0.2) is 34.9 Å². The molecule has 1 aliphatic heterocycles. The zero-order chi connectivity index (χ0) is 19.4. The molecule has 0 aromatic heterocycles. The summed E-state index contributed by atoms with van der Waals surface area (Å²) in [5.74, 6) is 0.618. The Labute approximate surface area is 178 Å². The number of nitrogens with zero attached hydrogens (tertiary/aromatic N) is 1. The minimum Gasteiger partial charge on any atom is -0.462 e. The quantitative estimate of drug-likeness (QED) is 0.491. The summed E-state index contributed by atoms with van der Waals surface area (Å²) in [4.78, 5) is 13.8. The molecule has 0 spiro atoms. The van der Waals surface area contributed by atoms with Crippen LogP contribution in [0.4, 0.5) is 5.69 Å². The second-order valence-electron chi connectivity index (χ2n) is 5.81. The topological polar surface area (TPSA) is 41.6 Å². The van der Waals surface area contributed by atoms with Gasteiger partial charge < -0.3 is 15.0 Å². The summed E-state index contributed by atoms with van der Waals surface area (Å²) in [5.41, 5.74) is 2.31. The molecule has 142 valence electrons. The Bertz CT molecular complexity index is 846. The van der Waals surface area contributed by atoms with E-state index in [1.54, 1.807) is 36.9 Å². The van der Waals surface area contributed by atoms with E-state index in [-0.39, 0.29) is 11.3 Å². The molecule has 1 saturated heterocycles. The molecule has 8 heteroatoms. The summed E-state index contributed by atoms with van der Waals surface area (Å²) in [6, 6.07) is 12.6. The average Bonchev–Trinajstić information content (AvgIpc) is 3.12. The van der Waals surface area contributed by atoms with Gasteiger partial charge >= 0.3 is 5.97 Å². The van der Waals surface area contributed by atoms with Gasteiger partial charge in [-0.15, -0.1) is 11.8 Å². The van der Waals surface area contributed by atoms with Gasteiger partial charge in [0.25, 0.3) is 0 Å². The molecule has 1 aliphatic rings. The molecule has 4 nitrogen and oxygen atoms in total. The summed E-state index contributed by atoms with van der Waals surface area (Å²) in [6.07, 6.45) is 0. The van der Waals surface area contributed by atoms with E-state index in [9.17, 15) is 4.79 Å². The van der Waals surface area contributed by atoms with Gasteiger partial charge in [-0.05, 0) is 55.5 Å². The number of hydrogen-bond donors (Lipinski definition) is 1. The molecule has 27 heavy (non-hydrogen) atoms. The van der Waals surface area contributed by atoms with E-state index >= 15 is 0 Å². The zero-order valence-electron chi connectivity index (χ0n) is 14.6. The van der Waals surface area contributed by atoms with Crippen LogP contribution in [0.15, 0.2) is 42.5 Å². The molecule has 0 aliphatic carbocycles. The third-order valence-corrected chi connectivity index (χ3v) is 6.17. The number of thioether (sulfide) groups is 1. The number of halogens is 2. The summed E-state index contributed by atoms with van der Waals surface area (Å²) in [6.45, 7) is 2.95. The van der Waals surface area contributed by atoms with E-state index in [1.165, 1.54) is 0 Å². The molecule has 0 bridgehead atoms. The Kier molecular flexibility index (Phi) is 6.87. The maximum atomic E-state index is 11.7. The van der Waals surface area contributed by atoms with Crippen molar-refractivity contribution in [2.75, 3.05) is 24.2 Å². The molecule has 0 saturated carbocycles. The minimum absolute atomic E-state index is 0.0357. The molecule has 1 atom stereocenters. The third kappa shape index (κ3) is 4.88. The highest BCUT2D eigenvalue weighted by Gasteiger charge is 2.30. The number of rotatable bonds is 4. The largest absolute Gasteiger partial charge is 0.462 e. The van der Waals surface area contributed by atoms with Gasteiger partial charge in [-0.1, -0.05) is 29.3 Å². The first kappa shape index (κ1) is 20.3. The van der Waals surface area contributed by atoms with Crippen molar-refractivity contribution in [2.45, 2.75) is 12.3 Å². The van der Waals surface area contributed by atoms with Gasteiger partial charge in [-0.25, -0.2) is 4.79 Å². The van der Waals surface area contributed by atoms with Crippen LogP contribution in [0.5, 0.6) is 0 Å². The number of nitrogens with one attached hydrogen (secondary N) is 1. The fourth-order valence-corrected chi connectivity index (χ4v) is 5.00. The monoisotopic (exact) mass is 440 g/mol. The Hall–Kier alpha value is -1.47. The molecule has 1 heterocycles. The van der Waals surface area contributed by atoms with Crippen molar-refractivity contribution in [1.82, 2.24) is 4.90 Å². The number of carbonyl (C=O) groups excluding carboxylic acids is 1. The maximum absolute atomic E-state index is 11.7. The number of benzene rings is 2. The summed E-state index contributed by atoms with van der Waals surface area (Å²) < 4.78 is 4.99. The fourth-order valence-electron chi connectivity index (χ4n) is 2.74. The van der Waals surface area contributed by atoms with Crippen molar-refractivity contribution in [2.24, 2.45) is 0 Å². The van der Waals surface area contributed by atoms with Crippen LogP contribution in [0.2, 0.25) is 10.0 Å². The second-order valence-corrected chi connectivity index (χ2v) is 8.23. The first-order valence-electron chi connectivity index (χ1n) is 8.41. The van der Waals surface area contributed by atoms with Crippen LogP contribution < -0.4 is 5.32 Å². The lowest BCUT2D eigenvalue weighted by Crippen LogP contribution is -2.34. The average molecular weight is 441 g/mol. The number of esters is 1. The van der Waals surface area contributed by atoms with Gasteiger partial charge in [-0.3, -0.25) is 0 Å². The van der Waals surface area contributed by atoms with Crippen molar-refractivity contribution in [3.63, 3.8) is 0 Å². The van der Waals surface area contributed by atoms with E-state index in [4.69, 9.17) is 40.2 Å². The van der Waals surface area contributed by atoms with Gasteiger partial charge in [0, 0.05) is 33.6 Å². The highest BCUT2D eigenvalue weighted by molar-refractivity contribution is 7.99. The van der Waals surface area contributed by atoms with Crippen molar-refractivity contribution in [3.8, 4) is 0 Å². The molecular formula is C19H18Cl2N2O2S2. The highest BCUT2D eigenvalue weighted by Crippen LogP contribution is 2.41. The maximum Gasteiger partial charge on any atom is 0.338 e. The smallest absolute Gasteiger partial charge is 0.338 e. The predicted octanol–water partition coefficient (Wildman–Crippen LogP) is 5.61. The molecule has 3 rings (SSSR count). The van der Waals surface area contributed by atoms with Crippen LogP contribution in [0.25, 0.3) is 0 Å². The fraction of sp³-hybridized carbons (Fsp3) is 0.263. The lowest BCUT2D eigenvalue weighted by Gasteiger charge is -2.27.